The second-order valence-electron chi connectivity index (χ2n) is 5.94. The molecule has 0 aromatic carbocycles. The Morgan fingerprint density at radius 1 is 1.32 bits per heavy atom. The minimum atomic E-state index is -0.266. The fourth-order valence-electron chi connectivity index (χ4n) is 3.12. The first-order valence-corrected chi connectivity index (χ1v) is 7.90. The monoisotopic (exact) mass is 268 g/mol. The van der Waals surface area contributed by atoms with Crippen LogP contribution in [-0.2, 0) is 9.53 Å². The summed E-state index contributed by atoms with van der Waals surface area (Å²) in [4.78, 5) is 12.3. The zero-order chi connectivity index (χ0) is 13.7. The zero-order valence-corrected chi connectivity index (χ0v) is 12.3. The Bertz CT molecular complexity index is 290. The number of ether oxygens (including phenoxy) is 1. The molecule has 4 nitrogen and oxygen atoms in total. The van der Waals surface area contributed by atoms with Crippen LogP contribution in [0.2, 0.25) is 0 Å². The number of hydrogen-bond acceptors (Lipinski definition) is 3. The van der Waals surface area contributed by atoms with Gasteiger partial charge in [-0.3, -0.25) is 4.79 Å². The minimum absolute atomic E-state index is 0.0787. The molecule has 2 rings (SSSR count). The Morgan fingerprint density at radius 3 is 2.68 bits per heavy atom. The molecule has 3 unspecified atom stereocenters. The van der Waals surface area contributed by atoms with E-state index in [0.717, 1.165) is 38.6 Å². The van der Waals surface area contributed by atoms with Crippen LogP contribution in [-0.4, -0.2) is 36.7 Å². The summed E-state index contributed by atoms with van der Waals surface area (Å²) in [7, 11) is 0. The van der Waals surface area contributed by atoms with Gasteiger partial charge in [0.15, 0.2) is 0 Å². The summed E-state index contributed by atoms with van der Waals surface area (Å²) in [5.74, 6) is 0.0787. The first-order chi connectivity index (χ1) is 9.20. The van der Waals surface area contributed by atoms with Gasteiger partial charge in [-0.2, -0.15) is 0 Å². The Balaban J connectivity index is 1.81. The highest BCUT2D eigenvalue weighted by Crippen LogP contribution is 2.23. The molecule has 110 valence electrons. The molecule has 0 aromatic rings. The number of amides is 1. The summed E-state index contributed by atoms with van der Waals surface area (Å²) in [5, 5.41) is 6.58. The summed E-state index contributed by atoms with van der Waals surface area (Å²) >= 11 is 0. The van der Waals surface area contributed by atoms with Gasteiger partial charge in [0.1, 0.15) is 6.10 Å². The highest BCUT2D eigenvalue weighted by Gasteiger charge is 2.28. The van der Waals surface area contributed by atoms with Crippen LogP contribution in [0.3, 0.4) is 0 Å². The second kappa shape index (κ2) is 7.25. The van der Waals surface area contributed by atoms with Crippen molar-refractivity contribution in [3.8, 4) is 0 Å². The molecule has 1 aliphatic heterocycles. The Labute approximate surface area is 116 Å². The van der Waals surface area contributed by atoms with Crippen LogP contribution >= 0.6 is 0 Å². The van der Waals surface area contributed by atoms with Gasteiger partial charge < -0.3 is 15.4 Å². The fourth-order valence-corrected chi connectivity index (χ4v) is 3.12. The van der Waals surface area contributed by atoms with Crippen molar-refractivity contribution in [1.29, 1.82) is 0 Å². The van der Waals surface area contributed by atoms with Crippen molar-refractivity contribution in [2.24, 2.45) is 0 Å². The number of hydrogen-bond donors (Lipinski definition) is 2. The number of rotatable bonds is 5. The Hall–Kier alpha value is -0.610. The van der Waals surface area contributed by atoms with Crippen LogP contribution in [0.1, 0.15) is 58.8 Å². The van der Waals surface area contributed by atoms with Gasteiger partial charge in [0.25, 0.3) is 0 Å². The highest BCUT2D eigenvalue weighted by molar-refractivity contribution is 5.81. The maximum atomic E-state index is 12.3. The molecule has 3 atom stereocenters. The van der Waals surface area contributed by atoms with Gasteiger partial charge in [-0.25, -0.2) is 0 Å². The van der Waals surface area contributed by atoms with E-state index in [1.807, 2.05) is 6.92 Å². The largest absolute Gasteiger partial charge is 0.365 e. The molecular weight excluding hydrogens is 240 g/mol. The van der Waals surface area contributed by atoms with E-state index in [9.17, 15) is 4.79 Å². The average molecular weight is 268 g/mol. The molecule has 0 radical (unpaired) electrons. The standard InChI is InChI=1S/C15H28N2O2/c1-3-14(19-12-7-4-5-8-12)15(18)17-13-9-6-10-16-11(13)2/h11-14,16H,3-10H2,1-2H3,(H,17,18). The number of carbonyl (C=O) groups is 1. The van der Waals surface area contributed by atoms with Gasteiger partial charge in [0, 0.05) is 12.1 Å². The maximum Gasteiger partial charge on any atom is 0.249 e. The number of piperidine rings is 1. The molecule has 0 aromatic heterocycles. The third-order valence-corrected chi connectivity index (χ3v) is 4.41. The van der Waals surface area contributed by atoms with Crippen molar-refractivity contribution in [2.75, 3.05) is 6.54 Å². The average Bonchev–Trinajstić information content (AvgIpc) is 2.91. The van der Waals surface area contributed by atoms with E-state index >= 15 is 0 Å². The van der Waals surface area contributed by atoms with Crippen LogP contribution < -0.4 is 10.6 Å². The minimum Gasteiger partial charge on any atom is -0.365 e. The van der Waals surface area contributed by atoms with Gasteiger partial charge in [-0.15, -0.1) is 0 Å². The quantitative estimate of drug-likeness (QED) is 0.801. The number of carbonyl (C=O) groups excluding carboxylic acids is 1. The molecule has 2 N–H and O–H groups in total. The van der Waals surface area contributed by atoms with E-state index in [1.54, 1.807) is 0 Å². The molecule has 1 heterocycles. The molecular formula is C15H28N2O2. The van der Waals surface area contributed by atoms with E-state index < -0.39 is 0 Å². The molecule has 2 aliphatic rings. The van der Waals surface area contributed by atoms with Crippen molar-refractivity contribution < 1.29 is 9.53 Å². The van der Waals surface area contributed by atoms with Crippen molar-refractivity contribution in [3.63, 3.8) is 0 Å². The molecule has 0 spiro atoms. The van der Waals surface area contributed by atoms with Crippen molar-refractivity contribution in [3.05, 3.63) is 0 Å². The first kappa shape index (κ1) is 14.8. The summed E-state index contributed by atoms with van der Waals surface area (Å²) in [6, 6.07) is 0.615. The van der Waals surface area contributed by atoms with E-state index in [4.69, 9.17) is 4.74 Å². The molecule has 4 heteroatoms. The van der Waals surface area contributed by atoms with Crippen LogP contribution in [0.15, 0.2) is 0 Å². The van der Waals surface area contributed by atoms with Crippen LogP contribution in [0, 0.1) is 0 Å². The first-order valence-electron chi connectivity index (χ1n) is 7.90. The van der Waals surface area contributed by atoms with Gasteiger partial charge in [-0.1, -0.05) is 19.8 Å². The Morgan fingerprint density at radius 2 is 2.05 bits per heavy atom. The van der Waals surface area contributed by atoms with Gasteiger partial charge in [0.2, 0.25) is 5.91 Å². The smallest absolute Gasteiger partial charge is 0.249 e. The van der Waals surface area contributed by atoms with Crippen LogP contribution in [0.4, 0.5) is 0 Å². The van der Waals surface area contributed by atoms with Crippen LogP contribution in [0.5, 0.6) is 0 Å². The summed E-state index contributed by atoms with van der Waals surface area (Å²) in [5.41, 5.74) is 0. The highest BCUT2D eigenvalue weighted by atomic mass is 16.5. The van der Waals surface area contributed by atoms with E-state index in [1.165, 1.54) is 12.8 Å². The molecule has 19 heavy (non-hydrogen) atoms. The number of nitrogens with one attached hydrogen (secondary N) is 2. The molecule has 1 saturated carbocycles. The summed E-state index contributed by atoms with van der Waals surface area (Å²) in [6.45, 7) is 5.23. The van der Waals surface area contributed by atoms with Crippen molar-refractivity contribution in [1.82, 2.24) is 10.6 Å². The lowest BCUT2D eigenvalue weighted by Gasteiger charge is -2.32. The summed E-state index contributed by atoms with van der Waals surface area (Å²) in [6.07, 6.45) is 7.72. The SMILES string of the molecule is CCC(OC1CCCC1)C(=O)NC1CCCNC1C. The van der Waals surface area contributed by atoms with Crippen LogP contribution in [0.25, 0.3) is 0 Å². The third-order valence-electron chi connectivity index (χ3n) is 4.41. The fraction of sp³-hybridized carbons (Fsp3) is 0.933. The zero-order valence-electron chi connectivity index (χ0n) is 12.3. The van der Waals surface area contributed by atoms with Crippen molar-refractivity contribution >= 4 is 5.91 Å². The predicted octanol–water partition coefficient (Wildman–Crippen LogP) is 1.98. The van der Waals surface area contributed by atoms with Crippen molar-refractivity contribution in [2.45, 2.75) is 83.1 Å². The van der Waals surface area contributed by atoms with E-state index in [2.05, 4.69) is 17.6 Å². The van der Waals surface area contributed by atoms with E-state index in [-0.39, 0.29) is 18.1 Å². The lowest BCUT2D eigenvalue weighted by molar-refractivity contribution is -0.137. The molecule has 1 amide bonds. The lowest BCUT2D eigenvalue weighted by atomic mass is 9.99. The maximum absolute atomic E-state index is 12.3. The third kappa shape index (κ3) is 4.18. The normalized spacial score (nSPS) is 30.2. The molecule has 1 aliphatic carbocycles. The molecule has 2 fully saturated rings. The topological polar surface area (TPSA) is 50.4 Å². The predicted molar refractivity (Wildman–Crippen MR) is 76.0 cm³/mol. The van der Waals surface area contributed by atoms with Gasteiger partial charge in [0.05, 0.1) is 6.10 Å². The lowest BCUT2D eigenvalue weighted by Crippen LogP contribution is -2.54. The van der Waals surface area contributed by atoms with Gasteiger partial charge in [-0.05, 0) is 45.6 Å². The molecule has 0 bridgehead atoms. The van der Waals surface area contributed by atoms with E-state index in [0.29, 0.717) is 12.1 Å². The second-order valence-corrected chi connectivity index (χ2v) is 5.94. The van der Waals surface area contributed by atoms with Gasteiger partial charge >= 0.3 is 0 Å². The molecule has 1 saturated heterocycles. The Kier molecular flexibility index (Phi) is 5.64. The summed E-state index contributed by atoms with van der Waals surface area (Å²) < 4.78 is 5.97.